The third kappa shape index (κ3) is 3.86. The van der Waals surface area contributed by atoms with Crippen LogP contribution in [0.3, 0.4) is 0 Å². The Labute approximate surface area is 144 Å². The van der Waals surface area contributed by atoms with Gasteiger partial charge in [-0.15, -0.1) is 0 Å². The second kappa shape index (κ2) is 7.65. The summed E-state index contributed by atoms with van der Waals surface area (Å²) in [5.74, 6) is -0.172. The van der Waals surface area contributed by atoms with Crippen LogP contribution >= 0.6 is 0 Å². The Balaban J connectivity index is 2.24. The maximum absolute atomic E-state index is 12.8. The first-order valence-electron chi connectivity index (χ1n) is 8.64. The molecule has 0 radical (unpaired) electrons. The molecule has 1 aliphatic heterocycles. The number of carbonyl (C=O) groups excluding carboxylic acids is 2. The summed E-state index contributed by atoms with van der Waals surface area (Å²) in [6.45, 7) is 8.67. The number of carbonyl (C=O) groups is 2. The highest BCUT2D eigenvalue weighted by Gasteiger charge is 2.43. The van der Waals surface area contributed by atoms with E-state index in [0.717, 1.165) is 12.0 Å². The fourth-order valence-corrected chi connectivity index (χ4v) is 3.12. The quantitative estimate of drug-likeness (QED) is 0.779. The lowest BCUT2D eigenvalue weighted by molar-refractivity contribution is -0.129. The fraction of sp³-hybridized carbons (Fsp3) is 0.500. The summed E-state index contributed by atoms with van der Waals surface area (Å²) in [6.07, 6.45) is 0.983. The molecule has 0 aliphatic carbocycles. The average Bonchev–Trinajstić information content (AvgIpc) is 2.76. The molecule has 0 unspecified atom stereocenters. The predicted octanol–water partition coefficient (Wildman–Crippen LogP) is 3.52. The fourth-order valence-electron chi connectivity index (χ4n) is 3.12. The number of nitrogens with zero attached hydrogens (tertiary/aromatic N) is 1. The maximum Gasteiger partial charge on any atom is 0.261 e. The first-order chi connectivity index (χ1) is 11.3. The van der Waals surface area contributed by atoms with E-state index in [1.54, 1.807) is 4.90 Å². The smallest absolute Gasteiger partial charge is 0.261 e. The van der Waals surface area contributed by atoms with Crippen LogP contribution in [0, 0.1) is 11.8 Å². The molecule has 1 N–H and O–H groups in total. The lowest BCUT2D eigenvalue weighted by atomic mass is 9.98. The molecule has 0 spiro atoms. The summed E-state index contributed by atoms with van der Waals surface area (Å²) < 4.78 is 0. The third-order valence-corrected chi connectivity index (χ3v) is 4.41. The molecular weight excluding hydrogens is 302 g/mol. The van der Waals surface area contributed by atoms with Crippen molar-refractivity contribution in [1.82, 2.24) is 4.90 Å². The van der Waals surface area contributed by atoms with E-state index in [9.17, 15) is 14.7 Å². The minimum absolute atomic E-state index is 0.0266. The lowest BCUT2D eigenvalue weighted by Crippen LogP contribution is -2.40. The van der Waals surface area contributed by atoms with Crippen LogP contribution in [0.1, 0.15) is 39.7 Å². The number of rotatable bonds is 7. The van der Waals surface area contributed by atoms with Crippen molar-refractivity contribution in [3.63, 3.8) is 0 Å². The minimum atomic E-state index is -0.397. The number of aliphatic hydroxyl groups excluding tert-OH is 1. The summed E-state index contributed by atoms with van der Waals surface area (Å²) in [4.78, 5) is 27.0. The van der Waals surface area contributed by atoms with Gasteiger partial charge in [0.05, 0.1) is 6.04 Å². The van der Waals surface area contributed by atoms with Crippen molar-refractivity contribution in [2.45, 2.75) is 46.6 Å². The van der Waals surface area contributed by atoms with E-state index in [0.29, 0.717) is 12.5 Å². The van der Waals surface area contributed by atoms with Crippen LogP contribution in [0.5, 0.6) is 0 Å². The molecule has 4 nitrogen and oxygen atoms in total. The molecule has 2 rings (SSSR count). The Morgan fingerprint density at radius 2 is 1.79 bits per heavy atom. The molecule has 1 heterocycles. The maximum atomic E-state index is 12.8. The van der Waals surface area contributed by atoms with Gasteiger partial charge in [-0.05, 0) is 23.8 Å². The van der Waals surface area contributed by atoms with Gasteiger partial charge in [-0.2, -0.15) is 0 Å². The molecule has 0 saturated heterocycles. The Hall–Kier alpha value is -2.10. The second-order valence-electron chi connectivity index (χ2n) is 7.22. The lowest BCUT2D eigenvalue weighted by Gasteiger charge is -2.28. The normalized spacial score (nSPS) is 18.2. The molecular formula is C20H27NO3. The van der Waals surface area contributed by atoms with Crippen molar-refractivity contribution in [3.05, 3.63) is 47.2 Å². The van der Waals surface area contributed by atoms with Crippen LogP contribution in [0.2, 0.25) is 0 Å². The Kier molecular flexibility index (Phi) is 5.81. The summed E-state index contributed by atoms with van der Waals surface area (Å²) in [5.41, 5.74) is 0.818. The number of aliphatic hydroxyl groups is 1. The van der Waals surface area contributed by atoms with Crippen LogP contribution in [0.15, 0.2) is 41.7 Å². The molecule has 1 aliphatic rings. The van der Waals surface area contributed by atoms with Crippen molar-refractivity contribution >= 4 is 11.7 Å². The van der Waals surface area contributed by atoms with E-state index in [2.05, 4.69) is 13.8 Å². The van der Waals surface area contributed by atoms with E-state index in [-0.39, 0.29) is 35.4 Å². The minimum Gasteiger partial charge on any atom is -0.509 e. The molecule has 130 valence electrons. The molecule has 0 fully saturated rings. The number of Topliss-reactive ketones (excluding diaryl/α,β-unsaturated/α-hetero) is 1. The Morgan fingerprint density at radius 1 is 1.17 bits per heavy atom. The topological polar surface area (TPSA) is 57.6 Å². The molecule has 1 aromatic carbocycles. The predicted molar refractivity (Wildman–Crippen MR) is 94.6 cm³/mol. The van der Waals surface area contributed by atoms with Gasteiger partial charge in [0.25, 0.3) is 5.91 Å². The van der Waals surface area contributed by atoms with Crippen LogP contribution in [-0.4, -0.2) is 34.3 Å². The molecule has 24 heavy (non-hydrogen) atoms. The SMILES string of the molecule is CC(C)CCN1C(=O)C(C(=O)Cc2ccccc2)=C(O)[C@@H]1C(C)C. The van der Waals surface area contributed by atoms with Gasteiger partial charge in [0.1, 0.15) is 11.3 Å². The van der Waals surface area contributed by atoms with Crippen molar-refractivity contribution in [2.24, 2.45) is 11.8 Å². The summed E-state index contributed by atoms with van der Waals surface area (Å²) >= 11 is 0. The van der Waals surface area contributed by atoms with Crippen LogP contribution in [0.25, 0.3) is 0 Å². The molecule has 0 saturated carbocycles. The van der Waals surface area contributed by atoms with E-state index in [1.165, 1.54) is 0 Å². The number of benzene rings is 1. The Bertz CT molecular complexity index is 632. The zero-order chi connectivity index (χ0) is 17.9. The van der Waals surface area contributed by atoms with Gasteiger partial charge < -0.3 is 10.0 Å². The molecule has 0 aromatic heterocycles. The summed E-state index contributed by atoms with van der Waals surface area (Å²) in [7, 11) is 0. The first kappa shape index (κ1) is 18.2. The van der Waals surface area contributed by atoms with Crippen molar-refractivity contribution in [3.8, 4) is 0 Å². The Morgan fingerprint density at radius 3 is 2.33 bits per heavy atom. The molecule has 1 amide bonds. The van der Waals surface area contributed by atoms with Crippen LogP contribution < -0.4 is 0 Å². The van der Waals surface area contributed by atoms with E-state index in [1.807, 2.05) is 44.2 Å². The number of hydrogen-bond donors (Lipinski definition) is 1. The van der Waals surface area contributed by atoms with Gasteiger partial charge in [-0.3, -0.25) is 9.59 Å². The van der Waals surface area contributed by atoms with E-state index < -0.39 is 6.04 Å². The number of amides is 1. The largest absolute Gasteiger partial charge is 0.509 e. The molecule has 1 atom stereocenters. The summed E-state index contributed by atoms with van der Waals surface area (Å²) in [5, 5.41) is 10.6. The number of ketones is 1. The first-order valence-corrected chi connectivity index (χ1v) is 8.64. The van der Waals surface area contributed by atoms with Gasteiger partial charge in [0.15, 0.2) is 5.78 Å². The van der Waals surface area contributed by atoms with Gasteiger partial charge in [-0.1, -0.05) is 58.0 Å². The highest BCUT2D eigenvalue weighted by molar-refractivity contribution is 6.21. The third-order valence-electron chi connectivity index (χ3n) is 4.41. The van der Waals surface area contributed by atoms with Crippen molar-refractivity contribution in [1.29, 1.82) is 0 Å². The van der Waals surface area contributed by atoms with Crippen LogP contribution in [-0.2, 0) is 16.0 Å². The average molecular weight is 329 g/mol. The van der Waals surface area contributed by atoms with Crippen molar-refractivity contribution in [2.75, 3.05) is 6.54 Å². The number of hydrogen-bond acceptors (Lipinski definition) is 3. The van der Waals surface area contributed by atoms with E-state index in [4.69, 9.17) is 0 Å². The molecule has 0 bridgehead atoms. The molecule has 1 aromatic rings. The van der Waals surface area contributed by atoms with Gasteiger partial charge in [0.2, 0.25) is 0 Å². The highest BCUT2D eigenvalue weighted by Crippen LogP contribution is 2.31. The summed E-state index contributed by atoms with van der Waals surface area (Å²) in [6, 6.07) is 8.91. The van der Waals surface area contributed by atoms with Gasteiger partial charge in [0, 0.05) is 13.0 Å². The second-order valence-corrected chi connectivity index (χ2v) is 7.22. The zero-order valence-corrected chi connectivity index (χ0v) is 15.0. The highest BCUT2D eigenvalue weighted by atomic mass is 16.3. The zero-order valence-electron chi connectivity index (χ0n) is 15.0. The standard InChI is InChI=1S/C20H27NO3/c1-13(2)10-11-21-18(14(3)4)19(23)17(20(21)24)16(22)12-15-8-6-5-7-9-15/h5-9,13-14,18,23H,10-12H2,1-4H3/t18-/m0/s1. The molecule has 4 heteroatoms. The van der Waals surface area contributed by atoms with Crippen LogP contribution in [0.4, 0.5) is 0 Å². The monoisotopic (exact) mass is 329 g/mol. The van der Waals surface area contributed by atoms with Crippen molar-refractivity contribution < 1.29 is 14.7 Å². The van der Waals surface area contributed by atoms with Gasteiger partial charge >= 0.3 is 0 Å². The van der Waals surface area contributed by atoms with E-state index >= 15 is 0 Å². The van der Waals surface area contributed by atoms with Gasteiger partial charge in [-0.25, -0.2) is 0 Å².